The first-order chi connectivity index (χ1) is 16.2. The summed E-state index contributed by atoms with van der Waals surface area (Å²) in [5, 5.41) is 13.1. The number of hydrogen-bond donors (Lipinski definition) is 2. The van der Waals surface area contributed by atoms with Gasteiger partial charge in [-0.1, -0.05) is 30.7 Å². The van der Waals surface area contributed by atoms with E-state index in [0.29, 0.717) is 35.9 Å². The zero-order valence-corrected chi connectivity index (χ0v) is 21.4. The molecule has 10 heteroatoms. The van der Waals surface area contributed by atoms with E-state index in [4.69, 9.17) is 26.4 Å². The largest absolute Gasteiger partial charge is 0.477 e. The smallest absolute Gasteiger partial charge is 0.332 e. The van der Waals surface area contributed by atoms with Crippen molar-refractivity contribution in [2.24, 2.45) is 18.0 Å². The molecule has 184 valence electrons. The highest BCUT2D eigenvalue weighted by Gasteiger charge is 2.21. The molecule has 2 N–H and O–H groups in total. The number of nitrogens with one attached hydrogen (secondary N) is 1. The van der Waals surface area contributed by atoms with Crippen LogP contribution in [0, 0.1) is 12.8 Å². The molecule has 1 aromatic heterocycles. The molecular formula is C24H31ClN4O4S. The molecule has 0 saturated carbocycles. The first kappa shape index (κ1) is 26.1. The summed E-state index contributed by atoms with van der Waals surface area (Å²) < 4.78 is 8.67. The number of nitrogens with zero attached hydrogens (tertiary/aromatic N) is 3. The first-order valence-corrected chi connectivity index (χ1v) is 12.4. The van der Waals surface area contributed by atoms with Crippen molar-refractivity contribution in [2.75, 3.05) is 13.2 Å². The van der Waals surface area contributed by atoms with E-state index in [1.165, 1.54) is 9.47 Å². The van der Waals surface area contributed by atoms with Crippen molar-refractivity contribution in [2.45, 2.75) is 45.5 Å². The Kier molecular flexibility index (Phi) is 9.04. The van der Waals surface area contributed by atoms with Crippen molar-refractivity contribution in [3.63, 3.8) is 0 Å². The molecule has 1 aliphatic heterocycles. The van der Waals surface area contributed by atoms with Gasteiger partial charge in [0.05, 0.1) is 5.56 Å². The Morgan fingerprint density at radius 2 is 2.00 bits per heavy atom. The lowest BCUT2D eigenvalue weighted by Gasteiger charge is -2.20. The minimum atomic E-state index is -0.472. The third kappa shape index (κ3) is 6.34. The summed E-state index contributed by atoms with van der Waals surface area (Å²) in [7, 11) is 1.59. The van der Waals surface area contributed by atoms with E-state index in [0.717, 1.165) is 10.1 Å². The van der Waals surface area contributed by atoms with E-state index in [2.05, 4.69) is 5.32 Å². The van der Waals surface area contributed by atoms with Gasteiger partial charge in [-0.15, -0.1) is 11.8 Å². The molecule has 2 aromatic rings. The van der Waals surface area contributed by atoms with Gasteiger partial charge < -0.3 is 15.2 Å². The highest BCUT2D eigenvalue weighted by atomic mass is 35.5. The first-order valence-electron chi connectivity index (χ1n) is 11.2. The van der Waals surface area contributed by atoms with E-state index in [1.54, 1.807) is 25.7 Å². The fourth-order valence-corrected chi connectivity index (χ4v) is 4.67. The van der Waals surface area contributed by atoms with Crippen LogP contribution in [0.4, 0.5) is 5.82 Å². The molecule has 0 saturated heterocycles. The third-order valence-electron chi connectivity index (χ3n) is 5.55. The van der Waals surface area contributed by atoms with Crippen LogP contribution in [0.15, 0.2) is 50.0 Å². The number of aliphatic hydroxyl groups excluding tert-OH is 1. The minimum Gasteiger partial charge on any atom is -0.477 e. The van der Waals surface area contributed by atoms with Gasteiger partial charge in [-0.2, -0.15) is 4.99 Å². The number of benzene rings is 1. The Balaban J connectivity index is 1.95. The maximum Gasteiger partial charge on any atom is 0.332 e. The fraction of sp³-hybridized carbons (Fsp3) is 0.458. The van der Waals surface area contributed by atoms with Gasteiger partial charge in [0.1, 0.15) is 17.8 Å². The molecular weight excluding hydrogens is 476 g/mol. The minimum absolute atomic E-state index is 0.0596. The van der Waals surface area contributed by atoms with Crippen molar-refractivity contribution in [3.05, 3.63) is 72.4 Å². The van der Waals surface area contributed by atoms with Gasteiger partial charge in [0.2, 0.25) is 0 Å². The number of allylic oxidation sites excluding steroid dienone is 1. The number of hydrogen-bond acceptors (Lipinski definition) is 7. The normalized spacial score (nSPS) is 16.8. The van der Waals surface area contributed by atoms with E-state index >= 15 is 0 Å². The molecule has 0 spiro atoms. The predicted molar refractivity (Wildman–Crippen MR) is 138 cm³/mol. The molecule has 34 heavy (non-hydrogen) atoms. The Bertz CT molecular complexity index is 1150. The van der Waals surface area contributed by atoms with Gasteiger partial charge in [0.15, 0.2) is 5.90 Å². The highest BCUT2D eigenvalue weighted by molar-refractivity contribution is 8.03. The SMILES string of the molecule is CC1=CNC(COC(=Nc2c(C)c(=O)n(CCCO)c(=O)n2C)C(C)Cc2ccc(Cl)cc2)S1. The van der Waals surface area contributed by atoms with Gasteiger partial charge >= 0.3 is 5.69 Å². The zero-order chi connectivity index (χ0) is 24.8. The Hall–Kier alpha value is -2.49. The van der Waals surface area contributed by atoms with Crippen molar-refractivity contribution in [1.29, 1.82) is 0 Å². The van der Waals surface area contributed by atoms with Crippen LogP contribution in [0.1, 0.15) is 31.4 Å². The second kappa shape index (κ2) is 11.8. The average Bonchev–Trinajstić information content (AvgIpc) is 3.23. The lowest BCUT2D eigenvalue weighted by molar-refractivity contribution is 0.276. The number of ether oxygens (including phenoxy) is 1. The maximum absolute atomic E-state index is 12.9. The second-order valence-corrected chi connectivity index (χ2v) is 10.2. The van der Waals surface area contributed by atoms with Crippen LogP contribution in [-0.2, 0) is 24.8 Å². The van der Waals surface area contributed by atoms with Crippen LogP contribution in [0.5, 0.6) is 0 Å². The summed E-state index contributed by atoms with van der Waals surface area (Å²) in [5.74, 6) is 0.606. The molecule has 3 rings (SSSR count). The zero-order valence-electron chi connectivity index (χ0n) is 19.9. The summed E-state index contributed by atoms with van der Waals surface area (Å²) in [6.45, 7) is 6.11. The van der Waals surface area contributed by atoms with Crippen LogP contribution < -0.4 is 16.6 Å². The lowest BCUT2D eigenvalue weighted by atomic mass is 10.0. The van der Waals surface area contributed by atoms with E-state index < -0.39 is 11.2 Å². The number of halogens is 1. The predicted octanol–water partition coefficient (Wildman–Crippen LogP) is 3.34. The summed E-state index contributed by atoms with van der Waals surface area (Å²) in [4.78, 5) is 31.6. The molecule has 0 radical (unpaired) electrons. The second-order valence-electron chi connectivity index (χ2n) is 8.34. The van der Waals surface area contributed by atoms with Gasteiger partial charge in [0, 0.05) is 37.3 Å². The lowest BCUT2D eigenvalue weighted by Crippen LogP contribution is -2.40. The summed E-state index contributed by atoms with van der Waals surface area (Å²) in [5.41, 5.74) is 0.544. The monoisotopic (exact) mass is 506 g/mol. The van der Waals surface area contributed by atoms with Crippen LogP contribution in [0.2, 0.25) is 5.02 Å². The molecule has 0 bridgehead atoms. The number of rotatable bonds is 9. The highest BCUT2D eigenvalue weighted by Crippen LogP contribution is 2.26. The van der Waals surface area contributed by atoms with Crippen molar-refractivity contribution in [3.8, 4) is 0 Å². The summed E-state index contributed by atoms with van der Waals surface area (Å²) >= 11 is 7.70. The van der Waals surface area contributed by atoms with Crippen molar-refractivity contribution >= 4 is 35.1 Å². The average molecular weight is 507 g/mol. The number of aliphatic imine (C=N–C) groups is 1. The molecule has 2 atom stereocenters. The Morgan fingerprint density at radius 3 is 2.62 bits per heavy atom. The summed E-state index contributed by atoms with van der Waals surface area (Å²) in [6.07, 6.45) is 2.93. The van der Waals surface area contributed by atoms with Gasteiger partial charge in [0.25, 0.3) is 5.56 Å². The topological polar surface area (TPSA) is 97.8 Å². The maximum atomic E-state index is 12.9. The molecule has 1 aromatic carbocycles. The van der Waals surface area contributed by atoms with Crippen LogP contribution in [0.25, 0.3) is 0 Å². The van der Waals surface area contributed by atoms with E-state index in [1.807, 2.05) is 44.3 Å². The Morgan fingerprint density at radius 1 is 1.29 bits per heavy atom. The van der Waals surface area contributed by atoms with Gasteiger partial charge in [-0.3, -0.25) is 13.9 Å². The van der Waals surface area contributed by atoms with E-state index in [-0.39, 0.29) is 30.3 Å². The number of aromatic nitrogens is 2. The number of aliphatic hydroxyl groups is 1. The van der Waals surface area contributed by atoms with Crippen molar-refractivity contribution < 1.29 is 9.84 Å². The van der Waals surface area contributed by atoms with E-state index in [9.17, 15) is 9.59 Å². The molecule has 0 fully saturated rings. The standard InChI is InChI=1S/C24H31ClN4O4S/c1-15(12-18-6-8-19(25)9-7-18)22(33-14-20-26-13-16(2)34-20)27-21-17(3)23(31)29(10-5-11-30)24(32)28(21)4/h6-9,13,15,20,26,30H,5,10-12,14H2,1-4H3. The quantitative estimate of drug-likeness (QED) is 0.400. The van der Waals surface area contributed by atoms with Crippen LogP contribution in [0.3, 0.4) is 0 Å². The molecule has 2 heterocycles. The number of thioether (sulfide) groups is 1. The van der Waals surface area contributed by atoms with Gasteiger partial charge in [-0.05, 0) is 49.3 Å². The van der Waals surface area contributed by atoms with Crippen LogP contribution >= 0.6 is 23.4 Å². The van der Waals surface area contributed by atoms with Crippen molar-refractivity contribution in [1.82, 2.24) is 14.5 Å². The molecule has 0 amide bonds. The van der Waals surface area contributed by atoms with Gasteiger partial charge in [-0.25, -0.2) is 4.79 Å². The van der Waals surface area contributed by atoms with Crippen LogP contribution in [-0.4, -0.2) is 38.7 Å². The molecule has 0 aliphatic carbocycles. The third-order valence-corrected chi connectivity index (χ3v) is 6.85. The summed E-state index contributed by atoms with van der Waals surface area (Å²) in [6, 6.07) is 7.60. The fourth-order valence-electron chi connectivity index (χ4n) is 3.69. The molecule has 8 nitrogen and oxygen atoms in total. The molecule has 2 unspecified atom stereocenters. The molecule has 1 aliphatic rings. The Labute approximate surface area is 208 Å².